The third kappa shape index (κ3) is 5.43. The normalized spacial score (nSPS) is 21.8. The van der Waals surface area contributed by atoms with Gasteiger partial charge in [0.15, 0.2) is 0 Å². The lowest BCUT2D eigenvalue weighted by molar-refractivity contribution is -0.123. The Bertz CT molecular complexity index is 1050. The van der Waals surface area contributed by atoms with Gasteiger partial charge in [-0.15, -0.1) is 0 Å². The fraction of sp³-hybridized carbons (Fsp3) is 0.579. The molecule has 0 radical (unpaired) electrons. The molecular formula is C19H28N4O6S2. The van der Waals surface area contributed by atoms with Crippen LogP contribution in [0.25, 0.3) is 0 Å². The summed E-state index contributed by atoms with van der Waals surface area (Å²) in [5.41, 5.74) is 0.415. The summed E-state index contributed by atoms with van der Waals surface area (Å²) in [4.78, 5) is 17.4. The van der Waals surface area contributed by atoms with Gasteiger partial charge in [0.2, 0.25) is 15.9 Å². The number of hydrogen-bond acceptors (Lipinski definition) is 7. The Morgan fingerprint density at radius 2 is 1.97 bits per heavy atom. The van der Waals surface area contributed by atoms with E-state index in [2.05, 4.69) is 15.0 Å². The summed E-state index contributed by atoms with van der Waals surface area (Å²) in [6, 6.07) is 5.57. The fourth-order valence-electron chi connectivity index (χ4n) is 3.40. The molecule has 0 saturated carbocycles. The van der Waals surface area contributed by atoms with E-state index in [9.17, 15) is 21.6 Å². The largest absolute Gasteiger partial charge is 0.379 e. The van der Waals surface area contributed by atoms with E-state index in [1.54, 1.807) is 18.2 Å². The van der Waals surface area contributed by atoms with Crippen LogP contribution < -0.4 is 10.0 Å². The highest BCUT2D eigenvalue weighted by molar-refractivity contribution is 7.90. The third-order valence-electron chi connectivity index (χ3n) is 5.41. The summed E-state index contributed by atoms with van der Waals surface area (Å²) < 4.78 is 58.4. The van der Waals surface area contributed by atoms with Gasteiger partial charge in [-0.25, -0.2) is 16.8 Å². The molecule has 2 heterocycles. The number of fused-ring (bicyclic) bond motifs is 1. The minimum Gasteiger partial charge on any atom is -0.379 e. The lowest BCUT2D eigenvalue weighted by Crippen LogP contribution is -2.45. The molecule has 1 saturated heterocycles. The number of benzene rings is 1. The molecule has 0 unspecified atom stereocenters. The van der Waals surface area contributed by atoms with Crippen LogP contribution in [0.15, 0.2) is 34.2 Å². The molecule has 2 aliphatic rings. The minimum absolute atomic E-state index is 0.0569. The Labute approximate surface area is 183 Å². The molecule has 0 aliphatic carbocycles. The second-order valence-corrected chi connectivity index (χ2v) is 11.3. The van der Waals surface area contributed by atoms with Crippen molar-refractivity contribution in [3.8, 4) is 0 Å². The van der Waals surface area contributed by atoms with Crippen LogP contribution in [0, 0.1) is 5.92 Å². The standard InChI is InChI=1S/C19H28N4O6S2/c1-3-14(2)17(21-18-15-6-4-5-7-16(15)31(27,28)22-18)19(24)20-8-13-30(25,26)23-9-11-29-12-10-23/h4-7,14,17H,3,8-13H2,1-2H3,(H,20,24)(H,21,22)/t14-,17-/m0/s1. The fourth-order valence-corrected chi connectivity index (χ4v) is 5.96. The molecule has 2 atom stereocenters. The molecule has 3 rings (SSSR count). The number of ether oxygens (including phenoxy) is 1. The number of hydrogen-bond donors (Lipinski definition) is 2. The van der Waals surface area contributed by atoms with Crippen molar-refractivity contribution in [3.05, 3.63) is 29.8 Å². The molecule has 0 spiro atoms. The minimum atomic E-state index is -3.71. The number of nitrogens with zero attached hydrogens (tertiary/aromatic N) is 2. The molecule has 172 valence electrons. The number of amides is 1. The Kier molecular flexibility index (Phi) is 7.35. The zero-order valence-corrected chi connectivity index (χ0v) is 19.2. The maximum Gasteiger partial charge on any atom is 0.263 e. The molecule has 12 heteroatoms. The monoisotopic (exact) mass is 472 g/mol. The van der Waals surface area contributed by atoms with Crippen molar-refractivity contribution in [1.82, 2.24) is 14.3 Å². The summed E-state index contributed by atoms with van der Waals surface area (Å²) in [5, 5.41) is 2.65. The summed E-state index contributed by atoms with van der Waals surface area (Å²) in [7, 11) is -7.21. The SMILES string of the molecule is CC[C@H](C)[C@H](N=C1NS(=O)(=O)c2ccccc21)C(=O)NCCS(=O)(=O)N1CCOCC1. The molecule has 1 aromatic rings. The van der Waals surface area contributed by atoms with E-state index in [1.807, 2.05) is 13.8 Å². The Balaban J connectivity index is 1.72. The van der Waals surface area contributed by atoms with Crippen LogP contribution in [0.1, 0.15) is 25.8 Å². The molecule has 2 aliphatic heterocycles. The molecule has 31 heavy (non-hydrogen) atoms. The Hall–Kier alpha value is -2.02. The summed E-state index contributed by atoms with van der Waals surface area (Å²) in [5.74, 6) is -0.724. The van der Waals surface area contributed by atoms with Crippen LogP contribution in [0.5, 0.6) is 0 Å². The van der Waals surface area contributed by atoms with Crippen molar-refractivity contribution in [1.29, 1.82) is 0 Å². The van der Waals surface area contributed by atoms with Crippen LogP contribution in [-0.4, -0.2) is 77.5 Å². The van der Waals surface area contributed by atoms with Crippen molar-refractivity contribution < 1.29 is 26.4 Å². The molecule has 1 fully saturated rings. The Morgan fingerprint density at radius 1 is 1.29 bits per heavy atom. The summed E-state index contributed by atoms with van der Waals surface area (Å²) in [6.45, 7) is 5.01. The van der Waals surface area contributed by atoms with Crippen LogP contribution in [0.3, 0.4) is 0 Å². The van der Waals surface area contributed by atoms with E-state index in [0.717, 1.165) is 0 Å². The van der Waals surface area contributed by atoms with Gasteiger partial charge < -0.3 is 10.1 Å². The Morgan fingerprint density at radius 3 is 2.65 bits per heavy atom. The maximum absolute atomic E-state index is 12.8. The van der Waals surface area contributed by atoms with Crippen molar-refractivity contribution in [2.24, 2.45) is 10.9 Å². The lowest BCUT2D eigenvalue weighted by Gasteiger charge is -2.26. The van der Waals surface area contributed by atoms with E-state index < -0.39 is 32.0 Å². The molecule has 1 amide bonds. The van der Waals surface area contributed by atoms with Gasteiger partial charge >= 0.3 is 0 Å². The highest BCUT2D eigenvalue weighted by Gasteiger charge is 2.33. The number of sulfonamides is 2. The maximum atomic E-state index is 12.8. The molecule has 0 bridgehead atoms. The number of carbonyl (C=O) groups is 1. The van der Waals surface area contributed by atoms with Gasteiger partial charge in [-0.3, -0.25) is 14.5 Å². The molecular weight excluding hydrogens is 444 g/mol. The number of nitrogens with one attached hydrogen (secondary N) is 2. The van der Waals surface area contributed by atoms with E-state index >= 15 is 0 Å². The van der Waals surface area contributed by atoms with Crippen LogP contribution in [-0.2, 0) is 29.6 Å². The quantitative estimate of drug-likeness (QED) is 0.543. The molecule has 2 N–H and O–H groups in total. The van der Waals surface area contributed by atoms with Gasteiger partial charge in [0.05, 0.1) is 23.9 Å². The van der Waals surface area contributed by atoms with Crippen molar-refractivity contribution in [3.63, 3.8) is 0 Å². The van der Waals surface area contributed by atoms with E-state index in [4.69, 9.17) is 4.74 Å². The van der Waals surface area contributed by atoms with Crippen molar-refractivity contribution in [2.45, 2.75) is 31.2 Å². The predicted octanol–water partition coefficient (Wildman–Crippen LogP) is -0.0820. The van der Waals surface area contributed by atoms with Gasteiger partial charge in [-0.05, 0) is 18.1 Å². The topological polar surface area (TPSA) is 134 Å². The number of amidine groups is 1. The highest BCUT2D eigenvalue weighted by Crippen LogP contribution is 2.24. The first-order valence-electron chi connectivity index (χ1n) is 10.2. The summed E-state index contributed by atoms with van der Waals surface area (Å²) >= 11 is 0. The second-order valence-electron chi connectivity index (χ2n) is 7.53. The van der Waals surface area contributed by atoms with Gasteiger partial charge in [0.1, 0.15) is 11.9 Å². The van der Waals surface area contributed by atoms with Gasteiger partial charge in [0, 0.05) is 25.2 Å². The number of carbonyl (C=O) groups excluding carboxylic acids is 1. The van der Waals surface area contributed by atoms with Crippen LogP contribution >= 0.6 is 0 Å². The van der Waals surface area contributed by atoms with Gasteiger partial charge in [0.25, 0.3) is 10.0 Å². The molecule has 0 aromatic heterocycles. The van der Waals surface area contributed by atoms with Gasteiger partial charge in [-0.2, -0.15) is 4.31 Å². The zero-order chi connectivity index (χ0) is 22.6. The summed E-state index contributed by atoms with van der Waals surface area (Å²) in [6.07, 6.45) is 0.634. The van der Waals surface area contributed by atoms with Crippen LogP contribution in [0.4, 0.5) is 0 Å². The first-order valence-corrected chi connectivity index (χ1v) is 13.3. The lowest BCUT2D eigenvalue weighted by atomic mass is 9.98. The van der Waals surface area contributed by atoms with E-state index in [-0.39, 0.29) is 28.9 Å². The molecule has 10 nitrogen and oxygen atoms in total. The van der Waals surface area contributed by atoms with Crippen molar-refractivity contribution >= 4 is 31.8 Å². The average molecular weight is 473 g/mol. The first-order chi connectivity index (χ1) is 14.7. The number of morpholine rings is 1. The van der Waals surface area contributed by atoms with Crippen molar-refractivity contribution in [2.75, 3.05) is 38.6 Å². The predicted molar refractivity (Wildman–Crippen MR) is 116 cm³/mol. The average Bonchev–Trinajstić information content (AvgIpc) is 3.02. The van der Waals surface area contributed by atoms with Crippen LogP contribution in [0.2, 0.25) is 0 Å². The second kappa shape index (κ2) is 9.63. The van der Waals surface area contributed by atoms with Gasteiger partial charge in [-0.1, -0.05) is 32.4 Å². The smallest absolute Gasteiger partial charge is 0.263 e. The van der Waals surface area contributed by atoms with E-state index in [1.165, 1.54) is 10.4 Å². The number of rotatable bonds is 8. The molecule has 1 aromatic carbocycles. The van der Waals surface area contributed by atoms with E-state index in [0.29, 0.717) is 38.3 Å². The highest BCUT2D eigenvalue weighted by atomic mass is 32.2. The third-order valence-corrected chi connectivity index (χ3v) is 8.67. The first kappa shape index (κ1) is 23.6. The number of aliphatic imine (C=N–C) groups is 1. The zero-order valence-electron chi connectivity index (χ0n) is 17.6.